The highest BCUT2D eigenvalue weighted by Crippen LogP contribution is 2.40. The molecule has 0 fully saturated rings. The Hall–Kier alpha value is -3.90. The number of anilines is 2. The van der Waals surface area contributed by atoms with Crippen LogP contribution in [-0.4, -0.2) is 30.7 Å². The van der Waals surface area contributed by atoms with E-state index >= 15 is 0 Å². The number of hydrogen-bond donors (Lipinski definition) is 2. The second-order valence-corrected chi connectivity index (χ2v) is 7.81. The van der Waals surface area contributed by atoms with Gasteiger partial charge in [-0.3, -0.25) is 4.79 Å². The van der Waals surface area contributed by atoms with Crippen molar-refractivity contribution in [1.82, 2.24) is 4.90 Å². The molecule has 1 unspecified atom stereocenters. The molecule has 1 atom stereocenters. The smallest absolute Gasteiger partial charge is 0.348 e. The van der Waals surface area contributed by atoms with Gasteiger partial charge < -0.3 is 15.5 Å². The van der Waals surface area contributed by atoms with Gasteiger partial charge in [0.05, 0.1) is 11.1 Å². The zero-order valence-electron chi connectivity index (χ0n) is 18.8. The van der Waals surface area contributed by atoms with Crippen LogP contribution in [0.1, 0.15) is 11.1 Å². The first kappa shape index (κ1) is 27.7. The molecule has 2 N–H and O–H groups in total. The second-order valence-electron chi connectivity index (χ2n) is 7.81. The van der Waals surface area contributed by atoms with Crippen LogP contribution < -0.4 is 10.6 Å². The van der Waals surface area contributed by atoms with Crippen LogP contribution in [0.15, 0.2) is 72.4 Å². The molecule has 37 heavy (non-hydrogen) atoms. The van der Waals surface area contributed by atoms with E-state index in [1.54, 1.807) is 30.3 Å². The van der Waals surface area contributed by atoms with Gasteiger partial charge in [-0.25, -0.2) is 0 Å². The molecule has 0 radical (unpaired) electrons. The number of alkyl halides is 9. The first-order chi connectivity index (χ1) is 17.1. The van der Waals surface area contributed by atoms with E-state index < -0.39 is 47.3 Å². The second kappa shape index (κ2) is 10.2. The van der Waals surface area contributed by atoms with E-state index in [0.29, 0.717) is 22.4 Å². The van der Waals surface area contributed by atoms with Gasteiger partial charge in [0, 0.05) is 24.5 Å². The summed E-state index contributed by atoms with van der Waals surface area (Å²) in [6, 6.07) is 12.2. The molecule has 13 heteroatoms. The van der Waals surface area contributed by atoms with Gasteiger partial charge in [-0.2, -0.15) is 39.5 Å². The molecule has 0 bridgehead atoms. The van der Waals surface area contributed by atoms with E-state index in [9.17, 15) is 44.3 Å². The lowest BCUT2D eigenvalue weighted by molar-refractivity contribution is -0.142. The van der Waals surface area contributed by atoms with Crippen molar-refractivity contribution in [2.45, 2.75) is 24.8 Å². The Morgan fingerprint density at radius 1 is 0.811 bits per heavy atom. The van der Waals surface area contributed by atoms with E-state index in [-0.39, 0.29) is 24.1 Å². The Bertz CT molecular complexity index is 1300. The van der Waals surface area contributed by atoms with Crippen LogP contribution in [0.3, 0.4) is 0 Å². The van der Waals surface area contributed by atoms with Gasteiger partial charge in [0.25, 0.3) is 0 Å². The van der Waals surface area contributed by atoms with Crippen molar-refractivity contribution in [3.63, 3.8) is 0 Å². The van der Waals surface area contributed by atoms with Gasteiger partial charge >= 0.3 is 18.5 Å². The Morgan fingerprint density at radius 2 is 1.46 bits per heavy atom. The number of hydrogen-bond acceptors (Lipinski definition) is 4. The number of rotatable bonds is 7. The number of carbonyl (C=O) groups excluding carboxylic acids is 1. The largest absolute Gasteiger partial charge is 0.431 e. The fourth-order valence-corrected chi connectivity index (χ4v) is 3.51. The van der Waals surface area contributed by atoms with E-state index in [1.165, 1.54) is 12.1 Å². The summed E-state index contributed by atoms with van der Waals surface area (Å²) in [7, 11) is 0.853. The number of carbonyl (C=O) groups is 1. The van der Waals surface area contributed by atoms with Crippen LogP contribution in [0.25, 0.3) is 10.8 Å². The van der Waals surface area contributed by atoms with Crippen molar-refractivity contribution in [1.29, 1.82) is 0 Å². The lowest BCUT2D eigenvalue weighted by Crippen LogP contribution is -2.47. The average Bonchev–Trinajstić information content (AvgIpc) is 2.79. The van der Waals surface area contributed by atoms with Gasteiger partial charge in [0.2, 0.25) is 0 Å². The standard InChI is InChI=1S/C24H18F9N3O/c1-36(20(10-11-37)24(31,32)33)21(34-17-8-6-14-4-2-3-5-15(14)12-17)35-19-9-7-16(22(25,26)27)13-18(19)23(28,29)30/h2-13,21,34-35H,1H3/b20-10-. The lowest BCUT2D eigenvalue weighted by atomic mass is 10.1. The summed E-state index contributed by atoms with van der Waals surface area (Å²) < 4.78 is 121. The molecule has 0 aromatic heterocycles. The topological polar surface area (TPSA) is 44.4 Å². The Balaban J connectivity index is 2.10. The molecule has 0 spiro atoms. The van der Waals surface area contributed by atoms with Crippen LogP contribution in [0.5, 0.6) is 0 Å². The van der Waals surface area contributed by atoms with Crippen molar-refractivity contribution in [3.8, 4) is 0 Å². The molecule has 0 saturated heterocycles. The number of benzene rings is 3. The molecule has 198 valence electrons. The van der Waals surface area contributed by atoms with Gasteiger partial charge in [-0.15, -0.1) is 0 Å². The minimum Gasteiger partial charge on any atom is -0.348 e. The third-order valence-electron chi connectivity index (χ3n) is 5.28. The summed E-state index contributed by atoms with van der Waals surface area (Å²) >= 11 is 0. The highest BCUT2D eigenvalue weighted by atomic mass is 19.4. The summed E-state index contributed by atoms with van der Waals surface area (Å²) in [6.45, 7) is 0. The summed E-state index contributed by atoms with van der Waals surface area (Å²) in [6.07, 6.45) is -17.2. The molecular formula is C24H18F9N3O. The summed E-state index contributed by atoms with van der Waals surface area (Å²) in [5.74, 6) is 0. The molecule has 0 amide bonds. The Kier molecular flexibility index (Phi) is 7.65. The molecule has 3 aromatic carbocycles. The maximum Gasteiger partial charge on any atom is 0.431 e. The molecule has 0 heterocycles. The quantitative estimate of drug-likeness (QED) is 0.145. The van der Waals surface area contributed by atoms with E-state index in [2.05, 4.69) is 10.6 Å². The van der Waals surface area contributed by atoms with Crippen LogP contribution in [0, 0.1) is 0 Å². The Labute approximate surface area is 204 Å². The maximum absolute atomic E-state index is 13.7. The average molecular weight is 535 g/mol. The van der Waals surface area contributed by atoms with E-state index in [4.69, 9.17) is 0 Å². The fraction of sp³-hybridized carbons (Fsp3) is 0.208. The maximum atomic E-state index is 13.7. The van der Waals surface area contributed by atoms with Crippen LogP contribution in [-0.2, 0) is 17.1 Å². The fourth-order valence-electron chi connectivity index (χ4n) is 3.51. The van der Waals surface area contributed by atoms with Crippen molar-refractivity contribution < 1.29 is 44.3 Å². The minimum atomic E-state index is -5.28. The predicted molar refractivity (Wildman–Crippen MR) is 119 cm³/mol. The molecule has 0 aliphatic heterocycles. The lowest BCUT2D eigenvalue weighted by Gasteiger charge is -2.35. The van der Waals surface area contributed by atoms with Crippen LogP contribution >= 0.6 is 0 Å². The molecule has 0 aliphatic rings. The highest BCUT2D eigenvalue weighted by molar-refractivity contribution is 5.85. The van der Waals surface area contributed by atoms with Crippen LogP contribution in [0.4, 0.5) is 50.9 Å². The van der Waals surface area contributed by atoms with Gasteiger partial charge in [-0.05, 0) is 41.1 Å². The molecule has 3 rings (SSSR count). The van der Waals surface area contributed by atoms with Gasteiger partial charge in [-0.1, -0.05) is 30.3 Å². The highest BCUT2D eigenvalue weighted by Gasteiger charge is 2.41. The van der Waals surface area contributed by atoms with Crippen LogP contribution in [0.2, 0.25) is 0 Å². The van der Waals surface area contributed by atoms with Crippen molar-refractivity contribution in [2.24, 2.45) is 0 Å². The van der Waals surface area contributed by atoms with E-state index in [1.807, 2.05) is 0 Å². The summed E-state index contributed by atoms with van der Waals surface area (Å²) in [5.41, 5.74) is -5.59. The summed E-state index contributed by atoms with van der Waals surface area (Å²) in [4.78, 5) is 11.3. The number of nitrogens with zero attached hydrogens (tertiary/aromatic N) is 1. The van der Waals surface area contributed by atoms with Crippen molar-refractivity contribution >= 4 is 28.4 Å². The normalized spacial score (nSPS) is 13.8. The number of halogens is 9. The Morgan fingerprint density at radius 3 is 2.03 bits per heavy atom. The first-order valence-electron chi connectivity index (χ1n) is 10.4. The first-order valence-corrected chi connectivity index (χ1v) is 10.4. The zero-order chi connectivity index (χ0) is 27.6. The van der Waals surface area contributed by atoms with Gasteiger partial charge in [0.15, 0.2) is 6.29 Å². The molecule has 4 nitrogen and oxygen atoms in total. The van der Waals surface area contributed by atoms with Crippen molar-refractivity contribution in [2.75, 3.05) is 17.7 Å². The third kappa shape index (κ3) is 6.66. The predicted octanol–water partition coefficient (Wildman–Crippen LogP) is 7.26. The summed E-state index contributed by atoms with van der Waals surface area (Å²) in [5, 5.41) is 6.25. The molecule has 0 aliphatic carbocycles. The number of nitrogens with one attached hydrogen (secondary N) is 2. The SMILES string of the molecule is CN(/C(=C\C=O)C(F)(F)F)C(Nc1ccc2ccccc2c1)Nc1ccc(C(F)(F)F)cc1C(F)(F)F. The van der Waals surface area contributed by atoms with Gasteiger partial charge in [0.1, 0.15) is 12.0 Å². The number of allylic oxidation sites excluding steroid dienone is 2. The van der Waals surface area contributed by atoms with Crippen molar-refractivity contribution in [3.05, 3.63) is 83.6 Å². The molecule has 0 saturated carbocycles. The molecular weight excluding hydrogens is 517 g/mol. The molecule has 3 aromatic rings. The zero-order valence-corrected chi connectivity index (χ0v) is 18.8. The minimum absolute atomic E-state index is 0.138. The third-order valence-corrected chi connectivity index (χ3v) is 5.28. The number of aldehydes is 1. The number of fused-ring (bicyclic) bond motifs is 1. The monoisotopic (exact) mass is 535 g/mol. The van der Waals surface area contributed by atoms with E-state index in [0.717, 1.165) is 12.4 Å².